The highest BCUT2D eigenvalue weighted by Crippen LogP contribution is 2.57. The Labute approximate surface area is 190 Å². The highest BCUT2D eigenvalue weighted by Gasteiger charge is 2.47. The molecule has 4 aromatic carbocycles. The first-order valence-electron chi connectivity index (χ1n) is 10.4. The number of benzene rings is 4. The fourth-order valence-corrected chi connectivity index (χ4v) is 4.95. The van der Waals surface area contributed by atoms with Gasteiger partial charge in [0.25, 0.3) is 0 Å². The Kier molecular flexibility index (Phi) is 4.74. The number of ether oxygens (including phenoxy) is 2. The van der Waals surface area contributed by atoms with Crippen LogP contribution in [0.4, 0.5) is 20.2 Å². The topological polar surface area (TPSA) is 70.5 Å². The Morgan fingerprint density at radius 3 is 1.39 bits per heavy atom. The lowest BCUT2D eigenvalue weighted by molar-refractivity contribution is 0.385. The predicted molar refractivity (Wildman–Crippen MR) is 126 cm³/mol. The van der Waals surface area contributed by atoms with Gasteiger partial charge in [0.05, 0.1) is 19.6 Å². The van der Waals surface area contributed by atoms with E-state index < -0.39 is 17.0 Å². The molecule has 0 saturated carbocycles. The molecule has 0 fully saturated rings. The molecule has 4 nitrogen and oxygen atoms in total. The number of anilines is 2. The number of hydrogen-bond acceptors (Lipinski definition) is 4. The number of hydrogen-bond donors (Lipinski definition) is 2. The predicted octanol–water partition coefficient (Wildman–Crippen LogP) is 5.51. The van der Waals surface area contributed by atoms with Gasteiger partial charge in [0.2, 0.25) is 0 Å². The summed E-state index contributed by atoms with van der Waals surface area (Å²) in [5.74, 6) is -0.806. The van der Waals surface area contributed by atoms with Gasteiger partial charge in [-0.05, 0) is 81.9 Å². The maximum atomic E-state index is 15.0. The molecule has 4 aromatic rings. The van der Waals surface area contributed by atoms with Gasteiger partial charge >= 0.3 is 0 Å². The summed E-state index contributed by atoms with van der Waals surface area (Å²) in [6.07, 6.45) is 0. The van der Waals surface area contributed by atoms with Crippen LogP contribution in [0.5, 0.6) is 11.5 Å². The molecule has 0 bridgehead atoms. The molecule has 166 valence electrons. The molecule has 0 unspecified atom stereocenters. The third-order valence-electron chi connectivity index (χ3n) is 6.36. The van der Waals surface area contributed by atoms with Crippen LogP contribution in [0.2, 0.25) is 0 Å². The minimum Gasteiger partial charge on any atom is -0.494 e. The molecule has 6 heteroatoms. The van der Waals surface area contributed by atoms with Crippen molar-refractivity contribution in [1.82, 2.24) is 0 Å². The fraction of sp³-hybridized carbons (Fsp3) is 0.111. The van der Waals surface area contributed by atoms with E-state index in [0.717, 1.165) is 22.3 Å². The molecule has 0 amide bonds. The largest absolute Gasteiger partial charge is 0.494 e. The van der Waals surface area contributed by atoms with Gasteiger partial charge in [0, 0.05) is 11.4 Å². The fourth-order valence-electron chi connectivity index (χ4n) is 4.95. The van der Waals surface area contributed by atoms with E-state index in [0.29, 0.717) is 22.5 Å². The number of rotatable bonds is 4. The van der Waals surface area contributed by atoms with Crippen molar-refractivity contribution in [3.8, 4) is 22.6 Å². The van der Waals surface area contributed by atoms with E-state index in [9.17, 15) is 0 Å². The zero-order valence-electron chi connectivity index (χ0n) is 18.2. The number of nitrogens with two attached hydrogens (primary N) is 2. The second-order valence-electron chi connectivity index (χ2n) is 8.06. The van der Waals surface area contributed by atoms with Crippen molar-refractivity contribution in [2.75, 3.05) is 25.7 Å². The Bertz CT molecular complexity index is 1290. The lowest BCUT2D eigenvalue weighted by atomic mass is 9.67. The molecular weight excluding hydrogens is 422 g/mol. The zero-order valence-corrected chi connectivity index (χ0v) is 18.2. The van der Waals surface area contributed by atoms with Crippen molar-refractivity contribution >= 4 is 11.4 Å². The first-order chi connectivity index (χ1) is 15.9. The standard InChI is InChI=1S/C27H22F2N2O2/c1-32-25-9-3-15(11-23(25)28)27(16-4-10-26(33-2)24(29)12-16)21-13-17(30)5-7-19(21)20-8-6-18(31)14-22(20)27/h3-14H,30-31H2,1-2H3. The molecule has 0 heterocycles. The summed E-state index contributed by atoms with van der Waals surface area (Å²) in [6, 6.07) is 20.8. The van der Waals surface area contributed by atoms with Gasteiger partial charge in [-0.2, -0.15) is 0 Å². The molecule has 33 heavy (non-hydrogen) atoms. The van der Waals surface area contributed by atoms with E-state index in [1.807, 2.05) is 36.4 Å². The summed E-state index contributed by atoms with van der Waals surface area (Å²) in [7, 11) is 2.82. The quantitative estimate of drug-likeness (QED) is 0.359. The molecule has 0 atom stereocenters. The van der Waals surface area contributed by atoms with Crippen molar-refractivity contribution in [2.45, 2.75) is 5.41 Å². The van der Waals surface area contributed by atoms with Crippen LogP contribution in [0.15, 0.2) is 72.8 Å². The van der Waals surface area contributed by atoms with E-state index in [2.05, 4.69) is 0 Å². The lowest BCUT2D eigenvalue weighted by Gasteiger charge is -2.34. The molecule has 1 aliphatic rings. The molecule has 4 N–H and O–H groups in total. The van der Waals surface area contributed by atoms with Gasteiger partial charge in [0.15, 0.2) is 23.1 Å². The Hall–Kier alpha value is -4.06. The van der Waals surface area contributed by atoms with Gasteiger partial charge in [-0.15, -0.1) is 0 Å². The van der Waals surface area contributed by atoms with Gasteiger partial charge < -0.3 is 20.9 Å². The van der Waals surface area contributed by atoms with E-state index in [1.165, 1.54) is 26.4 Å². The SMILES string of the molecule is COc1ccc(C2(c3ccc(OC)c(F)c3)c3cc(N)ccc3-c3ccc(N)cc32)cc1F. The van der Waals surface area contributed by atoms with Crippen LogP contribution in [-0.4, -0.2) is 14.2 Å². The minimum absolute atomic E-state index is 0.119. The smallest absolute Gasteiger partial charge is 0.165 e. The Morgan fingerprint density at radius 1 is 0.606 bits per heavy atom. The van der Waals surface area contributed by atoms with Gasteiger partial charge in [-0.25, -0.2) is 8.78 Å². The molecule has 5 rings (SSSR count). The molecule has 1 aliphatic carbocycles. The van der Waals surface area contributed by atoms with Crippen molar-refractivity contribution in [3.63, 3.8) is 0 Å². The lowest BCUT2D eigenvalue weighted by Crippen LogP contribution is -2.29. The van der Waals surface area contributed by atoms with Gasteiger partial charge in [-0.1, -0.05) is 24.3 Å². The van der Waals surface area contributed by atoms with Gasteiger partial charge in [-0.3, -0.25) is 0 Å². The third-order valence-corrected chi connectivity index (χ3v) is 6.36. The summed E-state index contributed by atoms with van der Waals surface area (Å²) < 4.78 is 40.3. The van der Waals surface area contributed by atoms with E-state index in [1.54, 1.807) is 24.3 Å². The van der Waals surface area contributed by atoms with Gasteiger partial charge in [0.1, 0.15) is 0 Å². The number of halogens is 2. The van der Waals surface area contributed by atoms with Crippen LogP contribution in [0.3, 0.4) is 0 Å². The molecular formula is C27H22F2N2O2. The number of fused-ring (bicyclic) bond motifs is 3. The van der Waals surface area contributed by atoms with Crippen molar-refractivity contribution in [2.24, 2.45) is 0 Å². The Balaban J connectivity index is 1.96. The molecule has 0 radical (unpaired) electrons. The summed E-state index contributed by atoms with van der Waals surface area (Å²) in [5.41, 5.74) is 17.1. The zero-order chi connectivity index (χ0) is 23.3. The molecule has 0 aliphatic heterocycles. The first-order valence-corrected chi connectivity index (χ1v) is 10.4. The van der Waals surface area contributed by atoms with Crippen LogP contribution >= 0.6 is 0 Å². The molecule has 0 aromatic heterocycles. The van der Waals surface area contributed by atoms with E-state index >= 15 is 8.78 Å². The van der Waals surface area contributed by atoms with Crippen molar-refractivity contribution in [3.05, 3.63) is 107 Å². The Morgan fingerprint density at radius 2 is 1.03 bits per heavy atom. The average Bonchev–Trinajstić information content (AvgIpc) is 3.08. The van der Waals surface area contributed by atoms with Crippen molar-refractivity contribution in [1.29, 1.82) is 0 Å². The highest BCUT2D eigenvalue weighted by atomic mass is 19.1. The number of nitrogen functional groups attached to an aromatic ring is 2. The second-order valence-corrected chi connectivity index (χ2v) is 8.06. The van der Waals surface area contributed by atoms with Crippen LogP contribution < -0.4 is 20.9 Å². The van der Waals surface area contributed by atoms with E-state index in [-0.39, 0.29) is 11.5 Å². The summed E-state index contributed by atoms with van der Waals surface area (Å²) in [4.78, 5) is 0. The van der Waals surface area contributed by atoms with Crippen LogP contribution in [0.1, 0.15) is 22.3 Å². The van der Waals surface area contributed by atoms with Crippen LogP contribution in [0, 0.1) is 11.6 Å². The summed E-state index contributed by atoms with van der Waals surface area (Å²) in [6.45, 7) is 0. The summed E-state index contributed by atoms with van der Waals surface area (Å²) >= 11 is 0. The average molecular weight is 444 g/mol. The number of methoxy groups -OCH3 is 2. The second kappa shape index (κ2) is 7.52. The monoisotopic (exact) mass is 444 g/mol. The maximum Gasteiger partial charge on any atom is 0.165 e. The van der Waals surface area contributed by atoms with Crippen LogP contribution in [-0.2, 0) is 5.41 Å². The highest BCUT2D eigenvalue weighted by molar-refractivity contribution is 5.88. The summed E-state index contributed by atoms with van der Waals surface area (Å²) in [5, 5.41) is 0. The van der Waals surface area contributed by atoms with E-state index in [4.69, 9.17) is 20.9 Å². The maximum absolute atomic E-state index is 15.0. The van der Waals surface area contributed by atoms with Crippen molar-refractivity contribution < 1.29 is 18.3 Å². The molecule has 0 saturated heterocycles. The minimum atomic E-state index is -1.06. The normalized spacial score (nSPS) is 13.3. The molecule has 0 spiro atoms. The van der Waals surface area contributed by atoms with Crippen LogP contribution in [0.25, 0.3) is 11.1 Å². The third kappa shape index (κ3) is 2.94. The first kappa shape index (κ1) is 20.8.